The average Bonchev–Trinajstić information content (AvgIpc) is 3.37. The lowest BCUT2D eigenvalue weighted by atomic mass is 9.77. The van der Waals surface area contributed by atoms with Crippen LogP contribution in [0.1, 0.15) is 66.7 Å². The van der Waals surface area contributed by atoms with Crippen molar-refractivity contribution in [3.63, 3.8) is 0 Å². The molecule has 1 aromatic heterocycles. The third-order valence-electron chi connectivity index (χ3n) is 12.0. The first kappa shape index (κ1) is 34.1. The molecular formula is C35H47FN6O6. The molecule has 10 atom stereocenters. The molecule has 0 radical (unpaired) electrons. The van der Waals surface area contributed by atoms with Crippen molar-refractivity contribution >= 4 is 29.9 Å². The zero-order chi connectivity index (χ0) is 34.8. The van der Waals surface area contributed by atoms with E-state index >= 15 is 4.39 Å². The highest BCUT2D eigenvalue weighted by Crippen LogP contribution is 2.59. The van der Waals surface area contributed by atoms with Gasteiger partial charge in [0.25, 0.3) is 5.91 Å². The van der Waals surface area contributed by atoms with Crippen LogP contribution in [0.2, 0.25) is 0 Å². The fourth-order valence-electron chi connectivity index (χ4n) is 8.74. The van der Waals surface area contributed by atoms with E-state index in [1.54, 1.807) is 19.2 Å². The van der Waals surface area contributed by atoms with E-state index < -0.39 is 59.0 Å². The number of carbonyl (C=O) groups excluding carboxylic acids is 4. The number of nitriles is 1. The lowest BCUT2D eigenvalue weighted by Crippen LogP contribution is -2.59. The number of methoxy groups -OCH3 is 1. The van der Waals surface area contributed by atoms with E-state index in [1.165, 1.54) is 28.8 Å². The Balaban J connectivity index is 0.000000441. The summed E-state index contributed by atoms with van der Waals surface area (Å²) in [6.07, 6.45) is 5.12. The number of nitrogens with zero attached hydrogens (tertiary/aromatic N) is 4. The highest BCUT2D eigenvalue weighted by Gasteiger charge is 2.65. The van der Waals surface area contributed by atoms with Gasteiger partial charge in [-0.3, -0.25) is 19.2 Å². The minimum absolute atomic E-state index is 0.0453. The molecule has 0 aromatic carbocycles. The van der Waals surface area contributed by atoms with Crippen LogP contribution in [0.4, 0.5) is 10.2 Å². The molecule has 7 rings (SSSR count). The van der Waals surface area contributed by atoms with Gasteiger partial charge in [0.15, 0.2) is 11.6 Å². The minimum Gasteiger partial charge on any atom is -0.472 e. The smallest absolute Gasteiger partial charge is 0.271 e. The number of likely N-dealkylation sites (tertiary alicyclic amines) is 2. The van der Waals surface area contributed by atoms with Gasteiger partial charge in [0.05, 0.1) is 18.7 Å². The van der Waals surface area contributed by atoms with E-state index in [2.05, 4.69) is 35.5 Å². The SMILES string of the molecule is CC(C)(C)C(NC=O)C(=O)N1CC2C3CC(F)C(C3)C2C1C(=O)N1CC2(CC1C#N)Oc1cccnc1NC2=O.COC(C)C1(C)CC1. The molecule has 13 heteroatoms. The Labute approximate surface area is 281 Å². The van der Waals surface area contributed by atoms with Crippen LogP contribution in [0, 0.1) is 45.8 Å². The van der Waals surface area contributed by atoms with Gasteiger partial charge in [-0.1, -0.05) is 27.7 Å². The number of pyridine rings is 1. The molecular weight excluding hydrogens is 619 g/mol. The molecule has 2 saturated heterocycles. The number of alkyl halides is 1. The number of carbonyl (C=O) groups is 4. The summed E-state index contributed by atoms with van der Waals surface area (Å²) >= 11 is 0. The van der Waals surface area contributed by atoms with Gasteiger partial charge in [-0.25, -0.2) is 9.37 Å². The monoisotopic (exact) mass is 666 g/mol. The van der Waals surface area contributed by atoms with Crippen LogP contribution in [0.15, 0.2) is 18.3 Å². The largest absolute Gasteiger partial charge is 0.472 e. The number of nitrogens with one attached hydrogen (secondary N) is 2. The third-order valence-corrected chi connectivity index (χ3v) is 12.0. The van der Waals surface area contributed by atoms with Crippen LogP contribution in [0.25, 0.3) is 0 Å². The summed E-state index contributed by atoms with van der Waals surface area (Å²) in [6, 6.07) is 2.57. The number of hydrogen-bond donors (Lipinski definition) is 2. The van der Waals surface area contributed by atoms with Crippen molar-refractivity contribution in [1.82, 2.24) is 20.1 Å². The summed E-state index contributed by atoms with van der Waals surface area (Å²) in [5.74, 6) is -1.53. The van der Waals surface area contributed by atoms with Crippen LogP contribution in [-0.4, -0.2) is 95.1 Å². The minimum atomic E-state index is -1.50. The maximum Gasteiger partial charge on any atom is 0.271 e. The Hall–Kier alpha value is -3.79. The molecule has 260 valence electrons. The van der Waals surface area contributed by atoms with Gasteiger partial charge in [0.2, 0.25) is 23.8 Å². The third kappa shape index (κ3) is 5.69. The molecule has 12 nitrogen and oxygen atoms in total. The second-order valence-electron chi connectivity index (χ2n) is 15.9. The van der Waals surface area contributed by atoms with Crippen molar-refractivity contribution in [2.45, 2.75) is 103 Å². The van der Waals surface area contributed by atoms with Crippen LogP contribution in [0.5, 0.6) is 5.75 Å². The number of hydrogen-bond acceptors (Lipinski definition) is 8. The van der Waals surface area contributed by atoms with Gasteiger partial charge in [-0.15, -0.1) is 0 Å². The van der Waals surface area contributed by atoms with Crippen molar-refractivity contribution in [2.75, 3.05) is 25.5 Å². The molecule has 1 spiro atoms. The number of rotatable bonds is 6. The fourth-order valence-corrected chi connectivity index (χ4v) is 8.74. The first-order valence-corrected chi connectivity index (χ1v) is 17.0. The Morgan fingerprint density at radius 1 is 1.27 bits per heavy atom. The number of fused-ring (bicyclic) bond motifs is 6. The standard InChI is InChI=1S/C28H33FN6O5.C7H14O/c1-27(2,3)22(32-13-36)25(38)34-11-17-14-7-16(18(29)8-14)20(17)21(34)24(37)35-12-28(9-15(35)10-30)26(39)33-23-19(40-28)5-4-6-31-23;1-6(8-3)7(2)4-5-7/h4-6,13-18,20-22H,7-9,11-12H2,1-3H3,(H,32,36)(H,31,33,39);6H,4-5H2,1-3H3. The zero-order valence-electron chi connectivity index (χ0n) is 28.6. The molecule has 5 fully saturated rings. The van der Waals surface area contributed by atoms with E-state index in [-0.39, 0.29) is 43.1 Å². The molecule has 3 aliphatic carbocycles. The summed E-state index contributed by atoms with van der Waals surface area (Å²) in [4.78, 5) is 60.0. The number of anilines is 1. The Bertz CT molecular complexity index is 1510. The summed E-state index contributed by atoms with van der Waals surface area (Å²) in [5.41, 5.74) is -1.61. The second kappa shape index (κ2) is 12.3. The van der Waals surface area contributed by atoms with Gasteiger partial charge in [0, 0.05) is 26.3 Å². The summed E-state index contributed by atoms with van der Waals surface area (Å²) in [6.45, 7) is 9.98. The lowest BCUT2D eigenvalue weighted by molar-refractivity contribution is -0.149. The molecule has 6 aliphatic rings. The molecule has 3 saturated carbocycles. The normalized spacial score (nSPS) is 34.9. The number of ether oxygens (including phenoxy) is 2. The van der Waals surface area contributed by atoms with Crippen LogP contribution in [-0.2, 0) is 23.9 Å². The maximum absolute atomic E-state index is 15.1. The topological polar surface area (TPSA) is 154 Å². The molecule has 4 amide bonds. The van der Waals surface area contributed by atoms with Crippen LogP contribution >= 0.6 is 0 Å². The van der Waals surface area contributed by atoms with Crippen molar-refractivity contribution in [1.29, 1.82) is 5.26 Å². The zero-order valence-corrected chi connectivity index (χ0v) is 28.6. The van der Waals surface area contributed by atoms with Crippen LogP contribution in [0.3, 0.4) is 0 Å². The Morgan fingerprint density at radius 3 is 2.60 bits per heavy atom. The summed E-state index contributed by atoms with van der Waals surface area (Å²) < 4.78 is 26.3. The molecule has 2 bridgehead atoms. The van der Waals surface area contributed by atoms with E-state index in [0.29, 0.717) is 36.5 Å². The van der Waals surface area contributed by atoms with E-state index in [4.69, 9.17) is 9.47 Å². The molecule has 2 N–H and O–H groups in total. The predicted octanol–water partition coefficient (Wildman–Crippen LogP) is 3.08. The average molecular weight is 667 g/mol. The second-order valence-corrected chi connectivity index (χ2v) is 15.9. The highest BCUT2D eigenvalue weighted by molar-refractivity contribution is 6.01. The lowest BCUT2D eigenvalue weighted by Gasteiger charge is -2.38. The molecule has 48 heavy (non-hydrogen) atoms. The van der Waals surface area contributed by atoms with Crippen molar-refractivity contribution < 1.29 is 33.0 Å². The Kier molecular flexibility index (Phi) is 8.71. The van der Waals surface area contributed by atoms with E-state index in [1.807, 2.05) is 20.8 Å². The quantitative estimate of drug-likeness (QED) is 0.440. The van der Waals surface area contributed by atoms with Crippen molar-refractivity contribution in [3.8, 4) is 11.8 Å². The number of aromatic nitrogens is 1. The fraction of sp³-hybridized carbons (Fsp3) is 0.714. The van der Waals surface area contributed by atoms with Gasteiger partial charge < -0.3 is 29.9 Å². The highest BCUT2D eigenvalue weighted by atomic mass is 19.1. The van der Waals surface area contributed by atoms with Crippen molar-refractivity contribution in [3.05, 3.63) is 18.3 Å². The van der Waals surface area contributed by atoms with Gasteiger partial charge in [-0.05, 0) is 79.2 Å². The molecule has 1 aromatic rings. The first-order chi connectivity index (χ1) is 22.7. The van der Waals surface area contributed by atoms with Crippen molar-refractivity contribution in [2.24, 2.45) is 34.5 Å². The first-order valence-electron chi connectivity index (χ1n) is 17.0. The Morgan fingerprint density at radius 2 is 2.00 bits per heavy atom. The maximum atomic E-state index is 15.1. The van der Waals surface area contributed by atoms with Gasteiger partial charge >= 0.3 is 0 Å². The van der Waals surface area contributed by atoms with E-state index in [0.717, 1.165) is 0 Å². The molecule has 4 heterocycles. The number of halogens is 1. The number of amides is 4. The molecule has 10 unspecified atom stereocenters. The van der Waals surface area contributed by atoms with Gasteiger partial charge in [0.1, 0.15) is 24.3 Å². The summed E-state index contributed by atoms with van der Waals surface area (Å²) in [5, 5.41) is 15.4. The summed E-state index contributed by atoms with van der Waals surface area (Å²) in [7, 11) is 1.79. The van der Waals surface area contributed by atoms with Crippen LogP contribution < -0.4 is 15.4 Å². The predicted molar refractivity (Wildman–Crippen MR) is 172 cm³/mol. The van der Waals surface area contributed by atoms with Gasteiger partial charge in [-0.2, -0.15) is 5.26 Å². The molecule has 3 aliphatic heterocycles. The van der Waals surface area contributed by atoms with E-state index in [9.17, 15) is 24.4 Å².